The maximum Gasteiger partial charge on any atom is 0.221 e. The highest BCUT2D eigenvalue weighted by molar-refractivity contribution is 6.31. The molecule has 2 aromatic carbocycles. The van der Waals surface area contributed by atoms with E-state index in [-0.39, 0.29) is 36.8 Å². The van der Waals surface area contributed by atoms with Gasteiger partial charge in [0.1, 0.15) is 0 Å². The number of nitrogens with zero attached hydrogens (tertiary/aromatic N) is 1. The molecule has 1 aliphatic rings. The number of amides is 1. The van der Waals surface area contributed by atoms with E-state index >= 15 is 0 Å². The maximum atomic E-state index is 12.2. The van der Waals surface area contributed by atoms with E-state index in [4.69, 9.17) is 17.3 Å². The number of hydrogen-bond donors (Lipinski definition) is 2. The molecular formula is C22H30Cl3N3O. The fourth-order valence-electron chi connectivity index (χ4n) is 3.56. The third-order valence-corrected chi connectivity index (χ3v) is 5.65. The Kier molecular flexibility index (Phi) is 11.6. The van der Waals surface area contributed by atoms with Crippen LogP contribution in [0.3, 0.4) is 0 Å². The van der Waals surface area contributed by atoms with Gasteiger partial charge in [0.05, 0.1) is 0 Å². The predicted molar refractivity (Wildman–Crippen MR) is 125 cm³/mol. The highest BCUT2D eigenvalue weighted by Crippen LogP contribution is 2.22. The average molecular weight is 459 g/mol. The molecule has 0 spiro atoms. The molecule has 0 radical (unpaired) electrons. The van der Waals surface area contributed by atoms with Crippen LogP contribution in [0.15, 0.2) is 54.6 Å². The molecule has 160 valence electrons. The van der Waals surface area contributed by atoms with Crippen LogP contribution in [0.1, 0.15) is 36.4 Å². The molecule has 1 unspecified atom stereocenters. The largest absolute Gasteiger partial charge is 0.356 e. The monoisotopic (exact) mass is 457 g/mol. The van der Waals surface area contributed by atoms with Crippen LogP contribution in [0.2, 0.25) is 5.02 Å². The third-order valence-electron chi connectivity index (χ3n) is 5.28. The van der Waals surface area contributed by atoms with E-state index in [1.807, 2.05) is 48.5 Å². The summed E-state index contributed by atoms with van der Waals surface area (Å²) in [7, 11) is 0. The minimum atomic E-state index is -0.247. The molecule has 0 saturated carbocycles. The van der Waals surface area contributed by atoms with Crippen molar-refractivity contribution in [3.63, 3.8) is 0 Å². The van der Waals surface area contributed by atoms with Gasteiger partial charge in [0.15, 0.2) is 0 Å². The predicted octanol–water partition coefficient (Wildman–Crippen LogP) is 4.60. The average Bonchev–Trinajstić information content (AvgIpc) is 2.70. The van der Waals surface area contributed by atoms with Gasteiger partial charge in [-0.15, -0.1) is 24.8 Å². The number of rotatable bonds is 7. The molecule has 29 heavy (non-hydrogen) atoms. The first kappa shape index (κ1) is 25.7. The van der Waals surface area contributed by atoms with Crippen LogP contribution >= 0.6 is 36.4 Å². The summed E-state index contributed by atoms with van der Waals surface area (Å²) in [5.41, 5.74) is 8.31. The van der Waals surface area contributed by atoms with Crippen molar-refractivity contribution in [3.8, 4) is 0 Å². The smallest absolute Gasteiger partial charge is 0.221 e. The number of carbonyl (C=O) groups excluding carboxylic acids is 1. The minimum Gasteiger partial charge on any atom is -0.356 e. The van der Waals surface area contributed by atoms with Gasteiger partial charge in [-0.05, 0) is 49.0 Å². The molecule has 0 aromatic heterocycles. The molecule has 4 nitrogen and oxygen atoms in total. The van der Waals surface area contributed by atoms with E-state index in [1.54, 1.807) is 0 Å². The highest BCUT2D eigenvalue weighted by atomic mass is 35.5. The van der Waals surface area contributed by atoms with Crippen molar-refractivity contribution >= 4 is 42.3 Å². The van der Waals surface area contributed by atoms with Crippen molar-refractivity contribution in [1.29, 1.82) is 0 Å². The molecule has 0 aliphatic carbocycles. The van der Waals surface area contributed by atoms with Crippen LogP contribution in [0, 0.1) is 5.92 Å². The molecule has 1 saturated heterocycles. The fraction of sp³-hybridized carbons (Fsp3) is 0.409. The summed E-state index contributed by atoms with van der Waals surface area (Å²) >= 11 is 6.26. The number of nitrogens with one attached hydrogen (secondary N) is 1. The van der Waals surface area contributed by atoms with Crippen molar-refractivity contribution in [2.75, 3.05) is 19.6 Å². The van der Waals surface area contributed by atoms with Gasteiger partial charge >= 0.3 is 0 Å². The summed E-state index contributed by atoms with van der Waals surface area (Å²) in [4.78, 5) is 14.6. The summed E-state index contributed by atoms with van der Waals surface area (Å²) < 4.78 is 0. The first-order valence-electron chi connectivity index (χ1n) is 9.65. The van der Waals surface area contributed by atoms with Gasteiger partial charge in [0.2, 0.25) is 5.91 Å². The molecule has 1 fully saturated rings. The molecule has 1 aliphatic heterocycles. The van der Waals surface area contributed by atoms with Gasteiger partial charge < -0.3 is 11.1 Å². The maximum absolute atomic E-state index is 12.2. The summed E-state index contributed by atoms with van der Waals surface area (Å²) in [6, 6.07) is 17.6. The van der Waals surface area contributed by atoms with E-state index in [0.29, 0.717) is 12.3 Å². The van der Waals surface area contributed by atoms with E-state index in [1.165, 1.54) is 5.56 Å². The van der Waals surface area contributed by atoms with E-state index < -0.39 is 0 Å². The summed E-state index contributed by atoms with van der Waals surface area (Å²) in [5.74, 6) is 0.564. The Morgan fingerprint density at radius 2 is 1.69 bits per heavy atom. The second-order valence-corrected chi connectivity index (χ2v) is 7.74. The number of piperidine rings is 1. The SMILES string of the molecule is Cl.Cl.NC(CC(=O)NCC1CCN(Cc2ccccc2Cl)CC1)c1ccccc1. The molecule has 3 rings (SSSR count). The van der Waals surface area contributed by atoms with Gasteiger partial charge in [-0.25, -0.2) is 0 Å². The Labute approximate surface area is 191 Å². The van der Waals surface area contributed by atoms with Crippen molar-refractivity contribution in [2.45, 2.75) is 31.8 Å². The summed E-state index contributed by atoms with van der Waals surface area (Å²) in [5, 5.41) is 3.90. The highest BCUT2D eigenvalue weighted by Gasteiger charge is 2.20. The zero-order chi connectivity index (χ0) is 19.1. The Balaban J connectivity index is 0.00000210. The first-order chi connectivity index (χ1) is 13.1. The third kappa shape index (κ3) is 8.15. The second kappa shape index (κ2) is 13.1. The quantitative estimate of drug-likeness (QED) is 0.637. The van der Waals surface area contributed by atoms with Gasteiger partial charge in [0.25, 0.3) is 0 Å². The first-order valence-corrected chi connectivity index (χ1v) is 10.0. The van der Waals surface area contributed by atoms with Crippen LogP contribution in [0.25, 0.3) is 0 Å². The minimum absolute atomic E-state index is 0. The summed E-state index contributed by atoms with van der Waals surface area (Å²) in [6.07, 6.45) is 2.51. The fourth-order valence-corrected chi connectivity index (χ4v) is 3.76. The number of benzene rings is 2. The zero-order valence-electron chi connectivity index (χ0n) is 16.4. The van der Waals surface area contributed by atoms with Crippen molar-refractivity contribution in [1.82, 2.24) is 10.2 Å². The second-order valence-electron chi connectivity index (χ2n) is 7.34. The van der Waals surface area contributed by atoms with Crippen LogP contribution < -0.4 is 11.1 Å². The molecule has 3 N–H and O–H groups in total. The lowest BCUT2D eigenvalue weighted by molar-refractivity contribution is -0.121. The molecule has 7 heteroatoms. The van der Waals surface area contributed by atoms with Crippen LogP contribution in [0.5, 0.6) is 0 Å². The Hall–Kier alpha value is -1.30. The van der Waals surface area contributed by atoms with Crippen molar-refractivity contribution < 1.29 is 4.79 Å². The van der Waals surface area contributed by atoms with Gasteiger partial charge in [-0.1, -0.05) is 60.1 Å². The molecule has 2 aromatic rings. The lowest BCUT2D eigenvalue weighted by atomic mass is 9.96. The number of halogens is 3. The Bertz CT molecular complexity index is 737. The lowest BCUT2D eigenvalue weighted by Crippen LogP contribution is -2.38. The normalized spacial score (nSPS) is 15.7. The number of hydrogen-bond acceptors (Lipinski definition) is 3. The summed E-state index contributed by atoms with van der Waals surface area (Å²) in [6.45, 7) is 3.70. The van der Waals surface area contributed by atoms with E-state index in [2.05, 4.69) is 16.3 Å². The van der Waals surface area contributed by atoms with Crippen LogP contribution in [-0.4, -0.2) is 30.4 Å². The van der Waals surface area contributed by atoms with Crippen LogP contribution in [0.4, 0.5) is 0 Å². The van der Waals surface area contributed by atoms with Crippen molar-refractivity contribution in [3.05, 3.63) is 70.7 Å². The topological polar surface area (TPSA) is 58.4 Å². The Morgan fingerprint density at radius 3 is 2.34 bits per heavy atom. The molecular weight excluding hydrogens is 429 g/mol. The van der Waals surface area contributed by atoms with Crippen LogP contribution in [-0.2, 0) is 11.3 Å². The van der Waals surface area contributed by atoms with E-state index in [0.717, 1.165) is 49.6 Å². The van der Waals surface area contributed by atoms with Gasteiger partial charge in [0, 0.05) is 30.6 Å². The van der Waals surface area contributed by atoms with Gasteiger partial charge in [-0.2, -0.15) is 0 Å². The number of likely N-dealkylation sites (tertiary alicyclic amines) is 1. The standard InChI is InChI=1S/C22H28ClN3O.2ClH/c23-20-9-5-4-8-19(20)16-26-12-10-17(11-13-26)15-25-22(27)14-21(24)18-6-2-1-3-7-18;;/h1-9,17,21H,10-16,24H2,(H,25,27);2*1H. The Morgan fingerprint density at radius 1 is 1.07 bits per heavy atom. The lowest BCUT2D eigenvalue weighted by Gasteiger charge is -2.32. The number of nitrogens with two attached hydrogens (primary N) is 1. The molecule has 1 heterocycles. The zero-order valence-corrected chi connectivity index (χ0v) is 18.8. The number of carbonyl (C=O) groups is 1. The molecule has 1 atom stereocenters. The van der Waals surface area contributed by atoms with E-state index in [9.17, 15) is 4.79 Å². The molecule has 1 amide bonds. The molecule has 0 bridgehead atoms. The van der Waals surface area contributed by atoms with Crippen molar-refractivity contribution in [2.24, 2.45) is 11.7 Å². The van der Waals surface area contributed by atoms with Gasteiger partial charge in [-0.3, -0.25) is 9.69 Å².